The first kappa shape index (κ1) is 18.3. The molecule has 0 saturated carbocycles. The Labute approximate surface area is 157 Å². The molecule has 2 heteroatoms. The molecule has 0 N–H and O–H groups in total. The molecule has 1 heterocycles. The summed E-state index contributed by atoms with van der Waals surface area (Å²) in [6.07, 6.45) is 1.64. The van der Waals surface area contributed by atoms with Crippen LogP contribution in [0.1, 0.15) is 56.2 Å². The summed E-state index contributed by atoms with van der Waals surface area (Å²) < 4.78 is 0. The van der Waals surface area contributed by atoms with Crippen molar-refractivity contribution in [2.75, 3.05) is 0 Å². The van der Waals surface area contributed by atoms with E-state index in [0.717, 1.165) is 30.1 Å². The van der Waals surface area contributed by atoms with Crippen LogP contribution in [0.25, 0.3) is 0 Å². The maximum Gasteiger partial charge on any atom is 0.133 e. The van der Waals surface area contributed by atoms with Crippen LogP contribution < -0.4 is 0 Å². The molecule has 26 heavy (non-hydrogen) atoms. The van der Waals surface area contributed by atoms with Crippen LogP contribution in [0.5, 0.6) is 0 Å². The van der Waals surface area contributed by atoms with Crippen molar-refractivity contribution in [2.24, 2.45) is 0 Å². The molecule has 3 rings (SSSR count). The SMILES string of the molecule is Cc1ccc(C)c(Cc2nc(Cc3ccc(C)c(C)c3)nc(C)c2C)c1. The molecule has 0 spiro atoms. The number of benzene rings is 2. The van der Waals surface area contributed by atoms with Crippen LogP contribution >= 0.6 is 0 Å². The number of aromatic nitrogens is 2. The Morgan fingerprint density at radius 1 is 0.692 bits per heavy atom. The molecule has 0 aliphatic rings. The van der Waals surface area contributed by atoms with Gasteiger partial charge in [0.1, 0.15) is 5.82 Å². The number of nitrogens with zero attached hydrogens (tertiary/aromatic N) is 2. The fourth-order valence-electron chi connectivity index (χ4n) is 3.27. The van der Waals surface area contributed by atoms with Crippen molar-refractivity contribution in [3.8, 4) is 0 Å². The molecule has 2 nitrogen and oxygen atoms in total. The molecule has 0 aliphatic heterocycles. The van der Waals surface area contributed by atoms with E-state index in [1.54, 1.807) is 0 Å². The minimum atomic E-state index is 0.780. The van der Waals surface area contributed by atoms with E-state index in [1.807, 2.05) is 0 Å². The maximum absolute atomic E-state index is 4.94. The van der Waals surface area contributed by atoms with Gasteiger partial charge in [0.2, 0.25) is 0 Å². The van der Waals surface area contributed by atoms with Crippen LogP contribution in [0, 0.1) is 41.5 Å². The molecule has 0 aliphatic carbocycles. The minimum absolute atomic E-state index is 0.780. The van der Waals surface area contributed by atoms with E-state index in [9.17, 15) is 0 Å². The number of aryl methyl sites for hydroxylation is 5. The van der Waals surface area contributed by atoms with Crippen molar-refractivity contribution < 1.29 is 0 Å². The van der Waals surface area contributed by atoms with Crippen molar-refractivity contribution in [1.29, 1.82) is 0 Å². The highest BCUT2D eigenvalue weighted by atomic mass is 14.9. The van der Waals surface area contributed by atoms with Crippen molar-refractivity contribution in [1.82, 2.24) is 9.97 Å². The van der Waals surface area contributed by atoms with Crippen molar-refractivity contribution in [3.05, 3.63) is 92.6 Å². The van der Waals surface area contributed by atoms with Crippen LogP contribution in [0.2, 0.25) is 0 Å². The van der Waals surface area contributed by atoms with E-state index < -0.39 is 0 Å². The zero-order valence-electron chi connectivity index (χ0n) is 16.8. The van der Waals surface area contributed by atoms with Gasteiger partial charge in [-0.25, -0.2) is 9.97 Å². The van der Waals surface area contributed by atoms with Gasteiger partial charge in [-0.05, 0) is 74.9 Å². The second-order valence-corrected chi connectivity index (χ2v) is 7.50. The summed E-state index contributed by atoms with van der Waals surface area (Å²) in [7, 11) is 0. The summed E-state index contributed by atoms with van der Waals surface area (Å²) in [5.41, 5.74) is 11.3. The lowest BCUT2D eigenvalue weighted by molar-refractivity contribution is 0.874. The number of hydrogen-bond acceptors (Lipinski definition) is 2. The van der Waals surface area contributed by atoms with Gasteiger partial charge in [0.05, 0.1) is 5.69 Å². The smallest absolute Gasteiger partial charge is 0.133 e. The first-order chi connectivity index (χ1) is 12.3. The summed E-state index contributed by atoms with van der Waals surface area (Å²) in [5, 5.41) is 0. The lowest BCUT2D eigenvalue weighted by Crippen LogP contribution is -2.07. The van der Waals surface area contributed by atoms with Gasteiger partial charge in [-0.15, -0.1) is 0 Å². The molecule has 0 atom stereocenters. The van der Waals surface area contributed by atoms with Crippen LogP contribution in [0.4, 0.5) is 0 Å². The Morgan fingerprint density at radius 2 is 1.42 bits per heavy atom. The molecule has 134 valence electrons. The molecule has 1 aromatic heterocycles. The summed E-state index contributed by atoms with van der Waals surface area (Å²) in [6.45, 7) is 12.9. The normalized spacial score (nSPS) is 11.0. The molecule has 0 unspecified atom stereocenters. The quantitative estimate of drug-likeness (QED) is 0.624. The molecule has 0 amide bonds. The summed E-state index contributed by atoms with van der Waals surface area (Å²) in [4.78, 5) is 9.69. The molecule has 0 bridgehead atoms. The summed E-state index contributed by atoms with van der Waals surface area (Å²) in [6, 6.07) is 13.3. The first-order valence-electron chi connectivity index (χ1n) is 9.28. The molecule has 0 fully saturated rings. The predicted octanol–water partition coefficient (Wildman–Crippen LogP) is 5.51. The van der Waals surface area contributed by atoms with Crippen molar-refractivity contribution in [3.63, 3.8) is 0 Å². The third kappa shape index (κ3) is 4.01. The topological polar surface area (TPSA) is 25.8 Å². The van der Waals surface area contributed by atoms with E-state index in [-0.39, 0.29) is 0 Å². The highest BCUT2D eigenvalue weighted by Crippen LogP contribution is 2.20. The standard InChI is InChI=1S/C24H28N2/c1-15-7-8-17(3)22(11-15)14-23-19(5)20(6)25-24(26-23)13-21-10-9-16(2)18(4)12-21/h7-12H,13-14H2,1-6H3. The second-order valence-electron chi connectivity index (χ2n) is 7.50. The minimum Gasteiger partial charge on any atom is -0.238 e. The fourth-order valence-corrected chi connectivity index (χ4v) is 3.27. The predicted molar refractivity (Wildman–Crippen MR) is 109 cm³/mol. The van der Waals surface area contributed by atoms with Gasteiger partial charge in [0.25, 0.3) is 0 Å². The van der Waals surface area contributed by atoms with Crippen molar-refractivity contribution >= 4 is 0 Å². The zero-order valence-corrected chi connectivity index (χ0v) is 16.8. The first-order valence-corrected chi connectivity index (χ1v) is 9.28. The van der Waals surface area contributed by atoms with Gasteiger partial charge in [-0.1, -0.05) is 42.0 Å². The molecule has 0 saturated heterocycles. The summed E-state index contributed by atoms with van der Waals surface area (Å²) >= 11 is 0. The Bertz CT molecular complexity index is 955. The van der Waals surface area contributed by atoms with E-state index in [0.29, 0.717) is 0 Å². The van der Waals surface area contributed by atoms with E-state index in [4.69, 9.17) is 9.97 Å². The Morgan fingerprint density at radius 3 is 2.15 bits per heavy atom. The zero-order chi connectivity index (χ0) is 18.8. The highest BCUT2D eigenvalue weighted by molar-refractivity contribution is 5.37. The molecular formula is C24H28N2. The van der Waals surface area contributed by atoms with E-state index in [1.165, 1.54) is 38.9 Å². The van der Waals surface area contributed by atoms with Crippen LogP contribution in [0.15, 0.2) is 36.4 Å². The van der Waals surface area contributed by atoms with Gasteiger partial charge < -0.3 is 0 Å². The van der Waals surface area contributed by atoms with Crippen LogP contribution in [-0.4, -0.2) is 9.97 Å². The number of rotatable bonds is 4. The largest absolute Gasteiger partial charge is 0.238 e. The number of hydrogen-bond donors (Lipinski definition) is 0. The van der Waals surface area contributed by atoms with Crippen molar-refractivity contribution in [2.45, 2.75) is 54.4 Å². The Balaban J connectivity index is 1.94. The monoisotopic (exact) mass is 344 g/mol. The van der Waals surface area contributed by atoms with Gasteiger partial charge in [-0.3, -0.25) is 0 Å². The maximum atomic E-state index is 4.94. The average Bonchev–Trinajstić information content (AvgIpc) is 2.59. The van der Waals surface area contributed by atoms with Gasteiger partial charge in [-0.2, -0.15) is 0 Å². The second kappa shape index (κ2) is 7.41. The van der Waals surface area contributed by atoms with Crippen LogP contribution in [-0.2, 0) is 12.8 Å². The van der Waals surface area contributed by atoms with Gasteiger partial charge in [0, 0.05) is 18.5 Å². The molecule has 2 aromatic carbocycles. The Hall–Kier alpha value is -2.48. The molecule has 3 aromatic rings. The van der Waals surface area contributed by atoms with Gasteiger partial charge in [0.15, 0.2) is 0 Å². The molecule has 0 radical (unpaired) electrons. The fraction of sp³-hybridized carbons (Fsp3) is 0.333. The van der Waals surface area contributed by atoms with E-state index >= 15 is 0 Å². The lowest BCUT2D eigenvalue weighted by atomic mass is 9.98. The third-order valence-corrected chi connectivity index (χ3v) is 5.33. The summed E-state index contributed by atoms with van der Waals surface area (Å²) in [5.74, 6) is 0.914. The van der Waals surface area contributed by atoms with E-state index in [2.05, 4.69) is 77.9 Å². The third-order valence-electron chi connectivity index (χ3n) is 5.33. The Kier molecular flexibility index (Phi) is 5.22. The average molecular weight is 345 g/mol. The molecular weight excluding hydrogens is 316 g/mol. The highest BCUT2D eigenvalue weighted by Gasteiger charge is 2.11. The lowest BCUT2D eigenvalue weighted by Gasteiger charge is -2.13. The van der Waals surface area contributed by atoms with Gasteiger partial charge >= 0.3 is 0 Å². The van der Waals surface area contributed by atoms with Crippen LogP contribution in [0.3, 0.4) is 0 Å².